The predicted molar refractivity (Wildman–Crippen MR) is 83.0 cm³/mol. The maximum absolute atomic E-state index is 12.6. The van der Waals surface area contributed by atoms with Crippen LogP contribution >= 0.6 is 0 Å². The van der Waals surface area contributed by atoms with E-state index in [9.17, 15) is 38.4 Å². The summed E-state index contributed by atoms with van der Waals surface area (Å²) in [5.74, 6) is 0. The molecule has 0 aromatic heterocycles. The molecule has 0 unspecified atom stereocenters. The Kier molecular flexibility index (Phi) is 6.11. The van der Waals surface area contributed by atoms with E-state index in [-0.39, 0.29) is 0 Å². The van der Waals surface area contributed by atoms with Crippen molar-refractivity contribution in [3.63, 3.8) is 0 Å². The second kappa shape index (κ2) is 7.48. The second-order valence-corrected chi connectivity index (χ2v) is 25.7. The summed E-state index contributed by atoms with van der Waals surface area (Å²) in [6.07, 6.45) is 0. The Bertz CT molecular complexity index is 567. The van der Waals surface area contributed by atoms with Crippen LogP contribution in [0.5, 0.6) is 0 Å². The summed E-state index contributed by atoms with van der Waals surface area (Å²) in [7, 11) is -40.1. The Morgan fingerprint density at radius 2 is 0.364 bits per heavy atom. The Morgan fingerprint density at radius 3 is 0.424 bits per heavy atom. The second-order valence-electron chi connectivity index (χ2n) is 7.91. The summed E-state index contributed by atoms with van der Waals surface area (Å²) in [6.45, 7) is 0. The molecule has 6 saturated heterocycles. The van der Waals surface area contributed by atoms with Gasteiger partial charge in [-0.1, -0.05) is 0 Å². The lowest BCUT2D eigenvalue weighted by atomic mass is 10.8. The lowest BCUT2D eigenvalue weighted by Gasteiger charge is -2.71. The molecule has 0 aliphatic carbocycles. The minimum absolute atomic E-state index is 1.00. The first-order valence-corrected chi connectivity index (χ1v) is 21.4. The Morgan fingerprint density at radius 1 is 0.303 bits per heavy atom. The van der Waals surface area contributed by atoms with Crippen LogP contribution < -0.4 is 38.4 Å². The van der Waals surface area contributed by atoms with Crippen molar-refractivity contribution in [2.24, 2.45) is 0 Å². The molecule has 8 bridgehead atoms. The quantitative estimate of drug-likeness (QED) is 0.180. The fourth-order valence-electron chi connectivity index (χ4n) is 2.34. The van der Waals surface area contributed by atoms with Gasteiger partial charge in [0.2, 0.25) is 0 Å². The molecule has 0 N–H and O–H groups in total. The molecule has 33 heavy (non-hydrogen) atoms. The van der Waals surface area contributed by atoms with Gasteiger partial charge in [0.05, 0.1) is 28.2 Å². The number of hydrogen-bond acceptors (Lipinski definition) is 20. The molecule has 21 nitrogen and oxygen atoms in total. The molecule has 0 radical (unpaired) electrons. The van der Waals surface area contributed by atoms with Crippen LogP contribution in [0.4, 0.5) is 0 Å². The summed E-state index contributed by atoms with van der Waals surface area (Å²) in [5, 5.41) is 0. The molecule has 6 fully saturated rings. The van der Waals surface area contributed by atoms with E-state index < -0.39 is 72.4 Å². The van der Waals surface area contributed by atoms with Gasteiger partial charge in [0.15, 0.2) is 0 Å². The standard InChI is InChI=1S/C4H12N.O20Si8/c1-5(2,3)4;1-21-9-22(2)12-25(5)14-23(3,10-21)16-27(7)17-24(4,11-21)15-26(6,13-22)19-28(8,18-25)20-27/h1-4H3;/q+1;-8. The highest BCUT2D eigenvalue weighted by molar-refractivity contribution is 6.94. The highest BCUT2D eigenvalue weighted by atomic mass is 28.7. The predicted octanol–water partition coefficient (Wildman–Crippen LogP) is -13.1. The van der Waals surface area contributed by atoms with E-state index in [4.69, 9.17) is 0 Å². The van der Waals surface area contributed by atoms with Crippen molar-refractivity contribution in [1.29, 1.82) is 0 Å². The van der Waals surface area contributed by atoms with Gasteiger partial charge in [-0.3, -0.25) is 0 Å². The minimum Gasteiger partial charge on any atom is -0.795 e. The van der Waals surface area contributed by atoms with Crippen molar-refractivity contribution in [3.05, 3.63) is 0 Å². The van der Waals surface area contributed by atoms with E-state index in [1.54, 1.807) is 0 Å². The molecular formula is C4H12NO20Si8-7. The third-order valence-corrected chi connectivity index (χ3v) is 27.0. The Balaban J connectivity index is 0.000000471. The van der Waals surface area contributed by atoms with E-state index in [1.165, 1.54) is 0 Å². The summed E-state index contributed by atoms with van der Waals surface area (Å²) in [5.41, 5.74) is 0. The van der Waals surface area contributed by atoms with E-state index in [2.05, 4.69) is 77.6 Å². The molecule has 0 atom stereocenters. The monoisotopic (exact) mass is 618 g/mol. The van der Waals surface area contributed by atoms with Crippen molar-refractivity contribution in [1.82, 2.24) is 0 Å². The van der Waals surface area contributed by atoms with Crippen LogP contribution in [0.1, 0.15) is 0 Å². The normalized spacial score (nSPS) is 57.8. The molecule has 0 aromatic rings. The van der Waals surface area contributed by atoms with Crippen molar-refractivity contribution in [2.75, 3.05) is 28.2 Å². The van der Waals surface area contributed by atoms with Gasteiger partial charge in [-0.15, -0.1) is 0 Å². The molecular weight excluding hydrogens is 607 g/mol. The molecule has 6 heterocycles. The first kappa shape index (κ1) is 26.9. The van der Waals surface area contributed by atoms with Gasteiger partial charge in [0, 0.05) is 0 Å². The van der Waals surface area contributed by atoms with Gasteiger partial charge in [0.25, 0.3) is 0 Å². The van der Waals surface area contributed by atoms with Crippen LogP contribution in [0.2, 0.25) is 0 Å². The number of quaternary nitrogens is 1. The van der Waals surface area contributed by atoms with Crippen molar-refractivity contribution >= 4 is 72.4 Å². The summed E-state index contributed by atoms with van der Waals surface area (Å²) in [4.78, 5) is 101. The van der Waals surface area contributed by atoms with Gasteiger partial charge in [-0.05, 0) is 0 Å². The molecule has 192 valence electrons. The van der Waals surface area contributed by atoms with Crippen LogP contribution in [0.25, 0.3) is 0 Å². The largest absolute Gasteiger partial charge is 0.795 e. The van der Waals surface area contributed by atoms with Crippen LogP contribution in [0.15, 0.2) is 0 Å². The third-order valence-electron chi connectivity index (χ3n) is 3.00. The summed E-state index contributed by atoms with van der Waals surface area (Å²) < 4.78 is 52.4. The van der Waals surface area contributed by atoms with Crippen molar-refractivity contribution < 1.29 is 92.2 Å². The average Bonchev–Trinajstić information content (AvgIpc) is 2.31. The van der Waals surface area contributed by atoms with Gasteiger partial charge >= 0.3 is 72.4 Å². The van der Waals surface area contributed by atoms with E-state index in [1.807, 2.05) is 0 Å². The topological polar surface area (TPSA) is 295 Å². The van der Waals surface area contributed by atoms with Crippen LogP contribution in [0, 0.1) is 0 Å². The molecule has 0 spiro atoms. The van der Waals surface area contributed by atoms with Crippen LogP contribution in [-0.2, 0) is 49.4 Å². The smallest absolute Gasteiger partial charge is 0.387 e. The zero-order valence-corrected chi connectivity index (χ0v) is 24.6. The van der Waals surface area contributed by atoms with Gasteiger partial charge in [0.1, 0.15) is 0 Å². The maximum atomic E-state index is 12.6. The maximum Gasteiger partial charge on any atom is 0.387 e. The van der Waals surface area contributed by atoms with E-state index in [0.717, 1.165) is 4.48 Å². The summed E-state index contributed by atoms with van der Waals surface area (Å²) >= 11 is 0. The van der Waals surface area contributed by atoms with Crippen molar-refractivity contribution in [2.45, 2.75) is 0 Å². The first-order chi connectivity index (χ1) is 14.5. The molecule has 6 aliphatic heterocycles. The highest BCUT2D eigenvalue weighted by Gasteiger charge is 2.67. The van der Waals surface area contributed by atoms with E-state index >= 15 is 0 Å². The lowest BCUT2D eigenvalue weighted by molar-refractivity contribution is -0.849. The average molecular weight is 619 g/mol. The molecule has 0 aromatic carbocycles. The Labute approximate surface area is 192 Å². The highest BCUT2D eigenvalue weighted by Crippen LogP contribution is 2.39. The minimum atomic E-state index is -6.08. The molecule has 6 rings (SSSR count). The first-order valence-electron chi connectivity index (χ1n) is 8.32. The van der Waals surface area contributed by atoms with Crippen LogP contribution in [0.3, 0.4) is 0 Å². The molecule has 29 heteroatoms. The van der Waals surface area contributed by atoms with Crippen LogP contribution in [-0.4, -0.2) is 105 Å². The zero-order chi connectivity index (χ0) is 25.0. The SMILES string of the molecule is C[N+](C)(C)C.[O-][Si]12O[Si]3([O-])O[Si]4([O-])O[Si]([O-])(O1)O[Si]1([O-])O[Si]([O-])(O2)O[Si]([O-])(O3)O[Si]([O-])(O4)O1. The number of nitrogens with zero attached hydrogens (tertiary/aromatic N) is 1. The fourth-order valence-corrected chi connectivity index (χ4v) is 30.0. The Hall–Kier alpha value is 0.895. The van der Waals surface area contributed by atoms with Crippen molar-refractivity contribution in [3.8, 4) is 0 Å². The fraction of sp³-hybridized carbons (Fsp3) is 1.00. The van der Waals surface area contributed by atoms with Gasteiger partial charge in [-0.2, -0.15) is 0 Å². The molecule has 6 aliphatic rings. The molecule has 0 saturated carbocycles. The third kappa shape index (κ3) is 5.91. The van der Waals surface area contributed by atoms with E-state index in [0.29, 0.717) is 0 Å². The van der Waals surface area contributed by atoms with Gasteiger partial charge in [-0.25, -0.2) is 0 Å². The van der Waals surface area contributed by atoms with Gasteiger partial charge < -0.3 is 92.2 Å². The lowest BCUT2D eigenvalue weighted by Crippen LogP contribution is -2.99. The summed E-state index contributed by atoms with van der Waals surface area (Å²) in [6, 6.07) is 0. The number of rotatable bonds is 0. The molecule has 0 amide bonds. The zero-order valence-electron chi connectivity index (χ0n) is 16.6. The number of hydrogen-bond donors (Lipinski definition) is 0.